The van der Waals surface area contributed by atoms with Crippen LogP contribution in [0.15, 0.2) is 54.1 Å². The van der Waals surface area contributed by atoms with Crippen molar-refractivity contribution in [2.24, 2.45) is 0 Å². The first-order valence-corrected chi connectivity index (χ1v) is 7.80. The molecule has 2 aromatic rings. The Balaban J connectivity index is 2.21. The average molecular weight is 366 g/mol. The minimum absolute atomic E-state index is 0.0226. The van der Waals surface area contributed by atoms with Gasteiger partial charge >= 0.3 is 11.9 Å². The normalized spacial score (nSPS) is 10.6. The van der Waals surface area contributed by atoms with Crippen molar-refractivity contribution < 1.29 is 24.0 Å². The second-order valence-electron chi connectivity index (χ2n) is 5.16. The van der Waals surface area contributed by atoms with Crippen molar-refractivity contribution in [2.75, 3.05) is 6.61 Å². The molecule has 27 heavy (non-hydrogen) atoms. The molecule has 2 aromatic carbocycles. The van der Waals surface area contributed by atoms with Gasteiger partial charge in [-0.05, 0) is 36.8 Å². The standard InChI is InChI=1S/C19H14N2O6/c1-2-26-18(22)15(12-20)9-13-5-3-8-17(10-13)27-19(23)14-6-4-7-16(11-14)21(24)25/h3-11H,2H2,1H3/b15-9+. The molecule has 0 atom stereocenters. The number of benzene rings is 2. The van der Waals surface area contributed by atoms with Gasteiger partial charge < -0.3 is 9.47 Å². The highest BCUT2D eigenvalue weighted by atomic mass is 16.6. The number of nitro benzene ring substituents is 1. The molecule has 0 unspecified atom stereocenters. The Morgan fingerprint density at radius 1 is 1.22 bits per heavy atom. The highest BCUT2D eigenvalue weighted by Crippen LogP contribution is 2.19. The Labute approximate surface area is 154 Å². The van der Waals surface area contributed by atoms with Crippen molar-refractivity contribution in [3.63, 3.8) is 0 Å². The minimum atomic E-state index is -0.772. The Bertz CT molecular complexity index is 959. The van der Waals surface area contributed by atoms with Gasteiger partial charge in [-0.2, -0.15) is 5.26 Å². The number of nitriles is 1. The molecule has 0 aliphatic carbocycles. The van der Waals surface area contributed by atoms with E-state index in [1.165, 1.54) is 36.4 Å². The largest absolute Gasteiger partial charge is 0.462 e. The third-order valence-corrected chi connectivity index (χ3v) is 3.29. The summed E-state index contributed by atoms with van der Waals surface area (Å²) >= 11 is 0. The minimum Gasteiger partial charge on any atom is -0.462 e. The molecule has 0 saturated carbocycles. The number of nitro groups is 1. The number of esters is 2. The van der Waals surface area contributed by atoms with E-state index in [2.05, 4.69) is 0 Å². The molecule has 136 valence electrons. The number of rotatable bonds is 6. The Morgan fingerprint density at radius 2 is 1.96 bits per heavy atom. The summed E-state index contributed by atoms with van der Waals surface area (Å²) in [5, 5.41) is 19.9. The van der Waals surface area contributed by atoms with Gasteiger partial charge in [0.25, 0.3) is 5.69 Å². The van der Waals surface area contributed by atoms with Crippen LogP contribution in [0.1, 0.15) is 22.8 Å². The fourth-order valence-electron chi connectivity index (χ4n) is 2.09. The van der Waals surface area contributed by atoms with Crippen molar-refractivity contribution in [1.82, 2.24) is 0 Å². The van der Waals surface area contributed by atoms with Gasteiger partial charge in [0.2, 0.25) is 0 Å². The maximum absolute atomic E-state index is 12.2. The van der Waals surface area contributed by atoms with Gasteiger partial charge in [-0.25, -0.2) is 9.59 Å². The molecule has 0 radical (unpaired) electrons. The van der Waals surface area contributed by atoms with Gasteiger partial charge in [-0.1, -0.05) is 18.2 Å². The SMILES string of the molecule is CCOC(=O)/C(C#N)=C/c1cccc(OC(=O)c2cccc([N+](=O)[O-])c2)c1. The van der Waals surface area contributed by atoms with Crippen LogP contribution in [0.2, 0.25) is 0 Å². The molecule has 0 saturated heterocycles. The van der Waals surface area contributed by atoms with E-state index in [1.54, 1.807) is 25.1 Å². The van der Waals surface area contributed by atoms with E-state index in [-0.39, 0.29) is 29.2 Å². The summed E-state index contributed by atoms with van der Waals surface area (Å²) in [4.78, 5) is 34.0. The molecule has 0 amide bonds. The van der Waals surface area contributed by atoms with Crippen molar-refractivity contribution in [2.45, 2.75) is 6.92 Å². The Morgan fingerprint density at radius 3 is 2.63 bits per heavy atom. The number of nitrogens with zero attached hydrogens (tertiary/aromatic N) is 2. The summed E-state index contributed by atoms with van der Waals surface area (Å²) in [6.07, 6.45) is 1.31. The van der Waals surface area contributed by atoms with Crippen LogP contribution in [-0.2, 0) is 9.53 Å². The number of carbonyl (C=O) groups is 2. The first-order chi connectivity index (χ1) is 12.9. The molecule has 2 rings (SSSR count). The third kappa shape index (κ3) is 5.24. The number of hydrogen-bond acceptors (Lipinski definition) is 7. The van der Waals surface area contributed by atoms with Crippen LogP contribution >= 0.6 is 0 Å². The predicted molar refractivity (Wildman–Crippen MR) is 94.7 cm³/mol. The van der Waals surface area contributed by atoms with Crippen molar-refractivity contribution in [3.05, 3.63) is 75.3 Å². The lowest BCUT2D eigenvalue weighted by molar-refractivity contribution is -0.384. The van der Waals surface area contributed by atoms with Crippen LogP contribution in [0.5, 0.6) is 5.75 Å². The highest BCUT2D eigenvalue weighted by Gasteiger charge is 2.14. The zero-order valence-electron chi connectivity index (χ0n) is 14.2. The lowest BCUT2D eigenvalue weighted by Crippen LogP contribution is -2.09. The van der Waals surface area contributed by atoms with E-state index in [1.807, 2.05) is 0 Å². The molecule has 0 N–H and O–H groups in total. The number of non-ortho nitro benzene ring substituents is 1. The second-order valence-corrected chi connectivity index (χ2v) is 5.16. The van der Waals surface area contributed by atoms with Gasteiger partial charge in [0.15, 0.2) is 0 Å². The molecule has 0 bridgehead atoms. The molecular weight excluding hydrogens is 352 g/mol. The number of ether oxygens (including phenoxy) is 2. The Kier molecular flexibility index (Phi) is 6.39. The second kappa shape index (κ2) is 8.92. The van der Waals surface area contributed by atoms with Gasteiger partial charge in [-0.3, -0.25) is 10.1 Å². The topological polar surface area (TPSA) is 120 Å². The molecule has 0 heterocycles. The first-order valence-electron chi connectivity index (χ1n) is 7.80. The molecule has 8 heteroatoms. The Hall–Kier alpha value is -3.99. The van der Waals surface area contributed by atoms with Crippen LogP contribution in [0, 0.1) is 21.4 Å². The fraction of sp³-hybridized carbons (Fsp3) is 0.105. The van der Waals surface area contributed by atoms with Crippen LogP contribution in [0.3, 0.4) is 0 Å². The van der Waals surface area contributed by atoms with Crippen LogP contribution in [0.25, 0.3) is 6.08 Å². The molecular formula is C19H14N2O6. The number of hydrogen-bond donors (Lipinski definition) is 0. The van der Waals surface area contributed by atoms with Crippen molar-refractivity contribution in [3.8, 4) is 11.8 Å². The van der Waals surface area contributed by atoms with Crippen LogP contribution in [0.4, 0.5) is 5.69 Å². The summed E-state index contributed by atoms with van der Waals surface area (Å²) < 4.78 is 9.99. The maximum Gasteiger partial charge on any atom is 0.348 e. The zero-order chi connectivity index (χ0) is 19.8. The van der Waals surface area contributed by atoms with E-state index < -0.39 is 16.9 Å². The van der Waals surface area contributed by atoms with Crippen LogP contribution in [-0.4, -0.2) is 23.5 Å². The monoisotopic (exact) mass is 366 g/mol. The quantitative estimate of drug-likeness (QED) is 0.192. The number of carbonyl (C=O) groups excluding carboxylic acids is 2. The molecule has 0 aliphatic rings. The van der Waals surface area contributed by atoms with E-state index in [0.29, 0.717) is 5.56 Å². The lowest BCUT2D eigenvalue weighted by atomic mass is 10.1. The summed E-state index contributed by atoms with van der Waals surface area (Å²) in [5.74, 6) is -1.37. The third-order valence-electron chi connectivity index (χ3n) is 3.29. The zero-order valence-corrected chi connectivity index (χ0v) is 14.2. The summed E-state index contributed by atoms with van der Waals surface area (Å²) in [7, 11) is 0. The molecule has 8 nitrogen and oxygen atoms in total. The maximum atomic E-state index is 12.2. The van der Waals surface area contributed by atoms with Crippen molar-refractivity contribution in [1.29, 1.82) is 5.26 Å². The average Bonchev–Trinajstić information content (AvgIpc) is 2.66. The summed E-state index contributed by atoms with van der Waals surface area (Å²) in [6, 6.07) is 13.0. The van der Waals surface area contributed by atoms with E-state index in [0.717, 1.165) is 6.07 Å². The molecule has 0 spiro atoms. The molecule has 0 fully saturated rings. The van der Waals surface area contributed by atoms with E-state index in [9.17, 15) is 19.7 Å². The predicted octanol–water partition coefficient (Wildman–Crippen LogP) is 3.28. The van der Waals surface area contributed by atoms with E-state index >= 15 is 0 Å². The molecule has 0 aromatic heterocycles. The molecule has 0 aliphatic heterocycles. The first kappa shape index (κ1) is 19.3. The fourth-order valence-corrected chi connectivity index (χ4v) is 2.09. The van der Waals surface area contributed by atoms with Gasteiger partial charge in [0.1, 0.15) is 17.4 Å². The van der Waals surface area contributed by atoms with Gasteiger partial charge in [0.05, 0.1) is 17.1 Å². The van der Waals surface area contributed by atoms with Crippen LogP contribution < -0.4 is 4.74 Å². The summed E-state index contributed by atoms with van der Waals surface area (Å²) in [6.45, 7) is 1.76. The highest BCUT2D eigenvalue weighted by molar-refractivity contribution is 5.98. The van der Waals surface area contributed by atoms with Gasteiger partial charge in [0, 0.05) is 12.1 Å². The van der Waals surface area contributed by atoms with Gasteiger partial charge in [-0.15, -0.1) is 0 Å². The van der Waals surface area contributed by atoms with Crippen molar-refractivity contribution >= 4 is 23.7 Å². The van der Waals surface area contributed by atoms with E-state index in [4.69, 9.17) is 14.7 Å². The lowest BCUT2D eigenvalue weighted by Gasteiger charge is -2.05. The summed E-state index contributed by atoms with van der Waals surface area (Å²) in [5.41, 5.74) is 0.0478. The smallest absolute Gasteiger partial charge is 0.348 e.